The second-order valence-corrected chi connectivity index (χ2v) is 16.2. The minimum absolute atomic E-state index is 1.09. The summed E-state index contributed by atoms with van der Waals surface area (Å²) in [4.78, 5) is 4.67. The van der Waals surface area contributed by atoms with Gasteiger partial charge in [0.15, 0.2) is 0 Å². The van der Waals surface area contributed by atoms with Gasteiger partial charge in [-0.25, -0.2) is 0 Å². The van der Waals surface area contributed by atoms with E-state index in [2.05, 4.69) is 277 Å². The van der Waals surface area contributed by atoms with Crippen molar-refractivity contribution in [2.24, 2.45) is 0 Å². The van der Waals surface area contributed by atoms with Gasteiger partial charge in [-0.2, -0.15) is 0 Å². The Hall–Kier alpha value is -8.46. The van der Waals surface area contributed by atoms with Crippen LogP contribution in [0.1, 0.15) is 0 Å². The van der Waals surface area contributed by atoms with Crippen LogP contribution in [0.15, 0.2) is 267 Å². The molecule has 11 aromatic rings. The Morgan fingerprint density at radius 2 is 0.438 bits per heavy atom. The highest BCUT2D eigenvalue weighted by molar-refractivity contribution is 5.98. The van der Waals surface area contributed by atoms with Crippen LogP contribution in [0.4, 0.5) is 34.1 Å². The molecule has 0 bridgehead atoms. The van der Waals surface area contributed by atoms with Crippen LogP contribution in [0.2, 0.25) is 0 Å². The average Bonchev–Trinajstić information content (AvgIpc) is 3.38. The molecule has 0 aliphatic heterocycles. The number of anilines is 6. The Labute approximate surface area is 375 Å². The first-order valence-corrected chi connectivity index (χ1v) is 21.9. The minimum Gasteiger partial charge on any atom is -0.311 e. The Balaban J connectivity index is 0.920. The number of fused-ring (bicyclic) bond motifs is 2. The van der Waals surface area contributed by atoms with Crippen LogP contribution in [-0.2, 0) is 0 Å². The zero-order valence-corrected chi connectivity index (χ0v) is 35.3. The molecule has 2 nitrogen and oxygen atoms in total. The average molecular weight is 817 g/mol. The van der Waals surface area contributed by atoms with Gasteiger partial charge < -0.3 is 9.80 Å². The van der Waals surface area contributed by atoms with Gasteiger partial charge in [0.25, 0.3) is 0 Å². The van der Waals surface area contributed by atoms with Crippen molar-refractivity contribution < 1.29 is 0 Å². The summed E-state index contributed by atoms with van der Waals surface area (Å²) in [5, 5.41) is 5.00. The van der Waals surface area contributed by atoms with Gasteiger partial charge in [0, 0.05) is 34.1 Å². The molecule has 0 radical (unpaired) electrons. The Bertz CT molecular complexity index is 3190. The molecule has 0 aliphatic carbocycles. The van der Waals surface area contributed by atoms with Crippen molar-refractivity contribution in [3.05, 3.63) is 267 Å². The molecule has 0 unspecified atom stereocenters. The number of rotatable bonds is 10. The molecule has 302 valence electrons. The molecule has 0 aromatic heterocycles. The first kappa shape index (κ1) is 38.5. The predicted molar refractivity (Wildman–Crippen MR) is 273 cm³/mol. The monoisotopic (exact) mass is 816 g/mol. The lowest BCUT2D eigenvalue weighted by Crippen LogP contribution is -2.10. The highest BCUT2D eigenvalue weighted by Gasteiger charge is 2.16. The van der Waals surface area contributed by atoms with Gasteiger partial charge in [-0.15, -0.1) is 0 Å². The maximum atomic E-state index is 2.35. The molecule has 0 aliphatic rings. The smallest absolute Gasteiger partial charge is 0.0462 e. The quantitative estimate of drug-likeness (QED) is 0.136. The summed E-state index contributed by atoms with van der Waals surface area (Å²) >= 11 is 0. The molecule has 11 rings (SSSR count). The van der Waals surface area contributed by atoms with Gasteiger partial charge in [0.2, 0.25) is 0 Å². The standard InChI is InChI=1S/C62H44N2/c1-3-13-45(14-4-1)46-25-35-54(36-26-46)63(53-19-5-2-6-20-53)55-37-27-47(28-38-55)48-29-39-56(40-30-48)64(57-41-31-51(32-42-57)61-23-11-17-49-15-7-9-21-59(49)61)58-43-33-52(34-44-58)62-24-12-18-50-16-8-10-22-60(50)62/h1-44H. The van der Waals surface area contributed by atoms with E-state index < -0.39 is 0 Å². The molecule has 2 heteroatoms. The highest BCUT2D eigenvalue weighted by atomic mass is 15.1. The van der Waals surface area contributed by atoms with E-state index in [0.29, 0.717) is 0 Å². The van der Waals surface area contributed by atoms with Gasteiger partial charge in [-0.3, -0.25) is 0 Å². The van der Waals surface area contributed by atoms with Crippen molar-refractivity contribution in [2.45, 2.75) is 0 Å². The third kappa shape index (κ3) is 7.59. The van der Waals surface area contributed by atoms with E-state index in [1.165, 1.54) is 54.9 Å². The van der Waals surface area contributed by atoms with E-state index in [9.17, 15) is 0 Å². The summed E-state index contributed by atoms with van der Waals surface area (Å²) in [7, 11) is 0. The molecule has 0 atom stereocenters. The van der Waals surface area contributed by atoms with Crippen molar-refractivity contribution in [3.63, 3.8) is 0 Å². The van der Waals surface area contributed by atoms with Gasteiger partial charge in [0.1, 0.15) is 0 Å². The number of hydrogen-bond donors (Lipinski definition) is 0. The minimum atomic E-state index is 1.09. The second-order valence-electron chi connectivity index (χ2n) is 16.2. The number of hydrogen-bond acceptors (Lipinski definition) is 2. The summed E-state index contributed by atoms with van der Waals surface area (Å²) < 4.78 is 0. The molecule has 0 amide bonds. The SMILES string of the molecule is c1ccc(-c2ccc(N(c3ccccc3)c3ccc(-c4ccc(N(c5ccc(-c6cccc7ccccc67)cc5)c5ccc(-c6cccc7ccccc67)cc5)cc4)cc3)cc2)cc1. The first-order chi connectivity index (χ1) is 31.7. The molecule has 0 spiro atoms. The fourth-order valence-corrected chi connectivity index (χ4v) is 9.05. The first-order valence-electron chi connectivity index (χ1n) is 21.9. The van der Waals surface area contributed by atoms with Crippen LogP contribution in [0.5, 0.6) is 0 Å². The molecule has 0 N–H and O–H groups in total. The molecular formula is C62H44N2. The predicted octanol–water partition coefficient (Wildman–Crippen LogP) is 17.6. The van der Waals surface area contributed by atoms with Crippen LogP contribution < -0.4 is 9.80 Å². The second kappa shape index (κ2) is 17.1. The Kier molecular flexibility index (Phi) is 10.3. The van der Waals surface area contributed by atoms with Crippen LogP contribution in [0, 0.1) is 0 Å². The summed E-state index contributed by atoms with van der Waals surface area (Å²) in [5.74, 6) is 0. The molecule has 11 aromatic carbocycles. The van der Waals surface area contributed by atoms with E-state index in [0.717, 1.165) is 45.3 Å². The lowest BCUT2D eigenvalue weighted by Gasteiger charge is -2.26. The Morgan fingerprint density at radius 1 is 0.172 bits per heavy atom. The van der Waals surface area contributed by atoms with E-state index in [-0.39, 0.29) is 0 Å². The van der Waals surface area contributed by atoms with Gasteiger partial charge in [-0.1, -0.05) is 194 Å². The lowest BCUT2D eigenvalue weighted by molar-refractivity contribution is 1.28. The van der Waals surface area contributed by atoms with Crippen molar-refractivity contribution in [2.75, 3.05) is 9.80 Å². The molecule has 0 saturated carbocycles. The summed E-state index contributed by atoms with van der Waals surface area (Å²) in [6.07, 6.45) is 0. The zero-order chi connectivity index (χ0) is 42.7. The van der Waals surface area contributed by atoms with Gasteiger partial charge in [-0.05, 0) is 139 Å². The normalized spacial score (nSPS) is 11.1. The number of para-hydroxylation sites is 1. The van der Waals surface area contributed by atoms with E-state index in [1.54, 1.807) is 0 Å². The molecular weight excluding hydrogens is 773 g/mol. The van der Waals surface area contributed by atoms with Gasteiger partial charge >= 0.3 is 0 Å². The summed E-state index contributed by atoms with van der Waals surface area (Å²) in [6.45, 7) is 0. The third-order valence-electron chi connectivity index (χ3n) is 12.3. The van der Waals surface area contributed by atoms with E-state index in [4.69, 9.17) is 0 Å². The number of benzene rings is 11. The highest BCUT2D eigenvalue weighted by Crippen LogP contribution is 2.41. The fourth-order valence-electron chi connectivity index (χ4n) is 9.05. The lowest BCUT2D eigenvalue weighted by atomic mass is 9.97. The van der Waals surface area contributed by atoms with E-state index >= 15 is 0 Å². The van der Waals surface area contributed by atoms with Gasteiger partial charge in [0.05, 0.1) is 0 Å². The van der Waals surface area contributed by atoms with Crippen molar-refractivity contribution in [1.82, 2.24) is 0 Å². The van der Waals surface area contributed by atoms with Crippen LogP contribution >= 0.6 is 0 Å². The van der Waals surface area contributed by atoms with Crippen molar-refractivity contribution in [3.8, 4) is 44.5 Å². The van der Waals surface area contributed by atoms with Crippen LogP contribution in [-0.4, -0.2) is 0 Å². The van der Waals surface area contributed by atoms with Crippen LogP contribution in [0.3, 0.4) is 0 Å². The Morgan fingerprint density at radius 3 is 0.812 bits per heavy atom. The topological polar surface area (TPSA) is 6.48 Å². The number of nitrogens with zero attached hydrogens (tertiary/aromatic N) is 2. The summed E-state index contributed by atoms with van der Waals surface area (Å²) in [6, 6.07) is 96.1. The summed E-state index contributed by atoms with van der Waals surface area (Å²) in [5.41, 5.74) is 16.2. The fraction of sp³-hybridized carbons (Fsp3) is 0. The largest absolute Gasteiger partial charge is 0.311 e. The van der Waals surface area contributed by atoms with E-state index in [1.807, 2.05) is 0 Å². The van der Waals surface area contributed by atoms with Crippen LogP contribution in [0.25, 0.3) is 66.1 Å². The molecule has 0 heterocycles. The molecule has 0 saturated heterocycles. The third-order valence-corrected chi connectivity index (χ3v) is 12.3. The van der Waals surface area contributed by atoms with Crippen molar-refractivity contribution in [1.29, 1.82) is 0 Å². The maximum absolute atomic E-state index is 2.35. The zero-order valence-electron chi connectivity index (χ0n) is 35.3. The maximum Gasteiger partial charge on any atom is 0.0462 e. The van der Waals surface area contributed by atoms with Crippen molar-refractivity contribution >= 4 is 55.7 Å². The molecule has 0 fully saturated rings. The molecule has 64 heavy (non-hydrogen) atoms.